The third kappa shape index (κ3) is 3.08. The summed E-state index contributed by atoms with van der Waals surface area (Å²) in [6.07, 6.45) is -2.24. The van der Waals surface area contributed by atoms with Crippen molar-refractivity contribution in [3.8, 4) is 0 Å². The summed E-state index contributed by atoms with van der Waals surface area (Å²) in [5, 5.41) is 2.63. The van der Waals surface area contributed by atoms with Crippen molar-refractivity contribution in [1.29, 1.82) is 0 Å². The van der Waals surface area contributed by atoms with Gasteiger partial charge in [-0.25, -0.2) is 4.98 Å². The first-order chi connectivity index (χ1) is 8.47. The molecule has 0 saturated carbocycles. The highest BCUT2D eigenvalue weighted by atomic mass is 32.1. The van der Waals surface area contributed by atoms with Crippen LogP contribution < -0.4 is 5.73 Å². The Morgan fingerprint density at radius 3 is 2.72 bits per heavy atom. The number of alkyl halides is 3. The van der Waals surface area contributed by atoms with E-state index in [4.69, 9.17) is 5.73 Å². The molecule has 1 unspecified atom stereocenters. The van der Waals surface area contributed by atoms with Crippen LogP contribution in [0.2, 0.25) is 0 Å². The normalized spacial score (nSPS) is 13.6. The maximum Gasteiger partial charge on any atom is 0.416 e. The number of thiazole rings is 1. The van der Waals surface area contributed by atoms with Gasteiger partial charge in [0.25, 0.3) is 0 Å². The molecule has 0 radical (unpaired) electrons. The van der Waals surface area contributed by atoms with E-state index in [0.717, 1.165) is 17.1 Å². The highest BCUT2D eigenvalue weighted by molar-refractivity contribution is 7.09. The van der Waals surface area contributed by atoms with Crippen LogP contribution in [0.5, 0.6) is 0 Å². The lowest BCUT2D eigenvalue weighted by atomic mass is 10.0. The van der Waals surface area contributed by atoms with Crippen molar-refractivity contribution < 1.29 is 13.2 Å². The first-order valence-corrected chi connectivity index (χ1v) is 6.16. The van der Waals surface area contributed by atoms with Crippen LogP contribution in [0.3, 0.4) is 0 Å². The van der Waals surface area contributed by atoms with E-state index in [-0.39, 0.29) is 0 Å². The molecule has 1 heterocycles. The summed E-state index contributed by atoms with van der Waals surface area (Å²) in [6.45, 7) is 0. The lowest BCUT2D eigenvalue weighted by molar-refractivity contribution is -0.137. The molecule has 2 aromatic rings. The largest absolute Gasteiger partial charge is 0.416 e. The quantitative estimate of drug-likeness (QED) is 0.930. The van der Waals surface area contributed by atoms with Gasteiger partial charge in [-0.2, -0.15) is 13.2 Å². The van der Waals surface area contributed by atoms with Gasteiger partial charge in [0.05, 0.1) is 10.6 Å². The molecule has 2 rings (SSSR count). The van der Waals surface area contributed by atoms with Crippen molar-refractivity contribution in [2.45, 2.75) is 18.6 Å². The molecule has 0 aliphatic carbocycles. The number of hydrogen-bond donors (Lipinski definition) is 1. The van der Waals surface area contributed by atoms with E-state index in [2.05, 4.69) is 4.98 Å². The summed E-state index contributed by atoms with van der Waals surface area (Å²) in [5.74, 6) is 0. The van der Waals surface area contributed by atoms with Crippen LogP contribution in [-0.4, -0.2) is 4.98 Å². The Kier molecular flexibility index (Phi) is 3.68. The predicted octanol–water partition coefficient (Wildman–Crippen LogP) is 3.40. The van der Waals surface area contributed by atoms with Gasteiger partial charge in [-0.15, -0.1) is 11.3 Å². The Morgan fingerprint density at radius 1 is 1.33 bits per heavy atom. The third-order valence-corrected chi connectivity index (χ3v) is 3.32. The van der Waals surface area contributed by atoms with Gasteiger partial charge in [0.15, 0.2) is 0 Å². The maximum atomic E-state index is 12.6. The second-order valence-corrected chi connectivity index (χ2v) is 4.84. The predicted molar refractivity (Wildman–Crippen MR) is 64.2 cm³/mol. The van der Waals surface area contributed by atoms with Crippen LogP contribution in [0.4, 0.5) is 13.2 Å². The second-order valence-electron chi connectivity index (χ2n) is 3.86. The number of hydrogen-bond acceptors (Lipinski definition) is 3. The number of halogens is 3. The minimum atomic E-state index is -4.34. The van der Waals surface area contributed by atoms with E-state index < -0.39 is 17.8 Å². The molecular weight excluding hydrogens is 261 g/mol. The van der Waals surface area contributed by atoms with E-state index >= 15 is 0 Å². The monoisotopic (exact) mass is 272 g/mol. The van der Waals surface area contributed by atoms with Crippen molar-refractivity contribution in [1.82, 2.24) is 4.98 Å². The minimum absolute atomic E-state index is 0.443. The summed E-state index contributed by atoms with van der Waals surface area (Å²) >= 11 is 1.44. The molecule has 0 fully saturated rings. The molecule has 0 amide bonds. The summed E-state index contributed by atoms with van der Waals surface area (Å²) < 4.78 is 37.7. The standard InChI is InChI=1S/C12H11F3N2S/c13-12(14,15)9-3-1-2-8(6-9)10(16)7-11-17-4-5-18-11/h1-6,10H,7,16H2. The molecule has 0 aliphatic rings. The van der Waals surface area contributed by atoms with Gasteiger partial charge in [-0.05, 0) is 17.7 Å². The van der Waals surface area contributed by atoms with Crippen LogP contribution in [0.25, 0.3) is 0 Å². The zero-order valence-corrected chi connectivity index (χ0v) is 10.1. The lowest BCUT2D eigenvalue weighted by Gasteiger charge is -2.13. The fraction of sp³-hybridized carbons (Fsp3) is 0.250. The first kappa shape index (κ1) is 13.0. The van der Waals surface area contributed by atoms with Crippen LogP contribution >= 0.6 is 11.3 Å². The number of benzene rings is 1. The summed E-state index contributed by atoms with van der Waals surface area (Å²) in [4.78, 5) is 4.07. The molecule has 2 nitrogen and oxygen atoms in total. The van der Waals surface area contributed by atoms with E-state index in [1.165, 1.54) is 17.4 Å². The number of nitrogens with zero attached hydrogens (tertiary/aromatic N) is 1. The van der Waals surface area contributed by atoms with Gasteiger partial charge in [-0.1, -0.05) is 12.1 Å². The van der Waals surface area contributed by atoms with Crippen molar-refractivity contribution >= 4 is 11.3 Å². The zero-order chi connectivity index (χ0) is 13.2. The number of aromatic nitrogens is 1. The average molecular weight is 272 g/mol. The molecule has 18 heavy (non-hydrogen) atoms. The second kappa shape index (κ2) is 5.07. The average Bonchev–Trinajstić information content (AvgIpc) is 2.81. The molecule has 1 aromatic heterocycles. The van der Waals surface area contributed by atoms with Gasteiger partial charge in [0.2, 0.25) is 0 Å². The maximum absolute atomic E-state index is 12.6. The van der Waals surface area contributed by atoms with Crippen LogP contribution in [0.15, 0.2) is 35.8 Å². The lowest BCUT2D eigenvalue weighted by Crippen LogP contribution is -2.14. The van der Waals surface area contributed by atoms with Gasteiger partial charge >= 0.3 is 6.18 Å². The summed E-state index contributed by atoms with van der Waals surface area (Å²) in [6, 6.07) is 4.64. The Balaban J connectivity index is 2.18. The molecular formula is C12H11F3N2S. The fourth-order valence-electron chi connectivity index (χ4n) is 1.61. The molecule has 0 spiro atoms. The first-order valence-electron chi connectivity index (χ1n) is 5.28. The van der Waals surface area contributed by atoms with E-state index in [1.807, 2.05) is 5.38 Å². The van der Waals surface area contributed by atoms with Gasteiger partial charge in [0.1, 0.15) is 0 Å². The molecule has 0 aliphatic heterocycles. The summed E-state index contributed by atoms with van der Waals surface area (Å²) in [7, 11) is 0. The van der Waals surface area contributed by atoms with Crippen molar-refractivity contribution in [2.24, 2.45) is 5.73 Å². The SMILES string of the molecule is NC(Cc1nccs1)c1cccc(C(F)(F)F)c1. The molecule has 1 aromatic carbocycles. The number of rotatable bonds is 3. The van der Waals surface area contributed by atoms with Crippen molar-refractivity contribution in [2.75, 3.05) is 0 Å². The molecule has 0 bridgehead atoms. The Hall–Kier alpha value is -1.40. The van der Waals surface area contributed by atoms with Crippen molar-refractivity contribution in [3.63, 3.8) is 0 Å². The van der Waals surface area contributed by atoms with Crippen LogP contribution in [-0.2, 0) is 12.6 Å². The third-order valence-electron chi connectivity index (χ3n) is 2.52. The Bertz CT molecular complexity index is 508. The van der Waals surface area contributed by atoms with Gasteiger partial charge in [0, 0.05) is 24.0 Å². The van der Waals surface area contributed by atoms with E-state index in [1.54, 1.807) is 12.3 Å². The fourth-order valence-corrected chi connectivity index (χ4v) is 2.28. The summed E-state index contributed by atoms with van der Waals surface area (Å²) in [5.41, 5.74) is 5.70. The molecule has 0 saturated heterocycles. The van der Waals surface area contributed by atoms with Gasteiger partial charge < -0.3 is 5.73 Å². The molecule has 6 heteroatoms. The molecule has 2 N–H and O–H groups in total. The highest BCUT2D eigenvalue weighted by Crippen LogP contribution is 2.31. The topological polar surface area (TPSA) is 38.9 Å². The molecule has 1 atom stereocenters. The van der Waals surface area contributed by atoms with E-state index in [9.17, 15) is 13.2 Å². The molecule has 96 valence electrons. The highest BCUT2D eigenvalue weighted by Gasteiger charge is 2.30. The van der Waals surface area contributed by atoms with E-state index in [0.29, 0.717) is 12.0 Å². The zero-order valence-electron chi connectivity index (χ0n) is 9.32. The Morgan fingerprint density at radius 2 is 2.11 bits per heavy atom. The smallest absolute Gasteiger partial charge is 0.324 e. The van der Waals surface area contributed by atoms with Gasteiger partial charge in [-0.3, -0.25) is 0 Å². The van der Waals surface area contributed by atoms with Crippen LogP contribution in [0, 0.1) is 0 Å². The Labute approximate surface area is 106 Å². The minimum Gasteiger partial charge on any atom is -0.324 e. The van der Waals surface area contributed by atoms with Crippen molar-refractivity contribution in [3.05, 3.63) is 52.0 Å². The van der Waals surface area contributed by atoms with Crippen LogP contribution in [0.1, 0.15) is 22.2 Å². The number of nitrogens with two attached hydrogens (primary N) is 1.